The van der Waals surface area contributed by atoms with Gasteiger partial charge in [-0.15, -0.1) is 0 Å². The van der Waals surface area contributed by atoms with Gasteiger partial charge in [-0.1, -0.05) is 36.8 Å². The van der Waals surface area contributed by atoms with Gasteiger partial charge in [-0.05, 0) is 45.8 Å². The van der Waals surface area contributed by atoms with Crippen LogP contribution in [0, 0.1) is 6.92 Å². The molecule has 0 aliphatic carbocycles. The van der Waals surface area contributed by atoms with E-state index < -0.39 is 0 Å². The number of nitrogens with one attached hydrogen (secondary N) is 1. The number of benzene rings is 1. The lowest BCUT2D eigenvalue weighted by Gasteiger charge is -2.28. The number of hydrogen-bond donors (Lipinski definition) is 1. The van der Waals surface area contributed by atoms with Gasteiger partial charge in [0.05, 0.1) is 6.04 Å². The molecule has 25 heavy (non-hydrogen) atoms. The number of rotatable bonds is 7. The second-order valence-corrected chi connectivity index (χ2v) is 7.13. The van der Waals surface area contributed by atoms with E-state index in [4.69, 9.17) is 0 Å². The van der Waals surface area contributed by atoms with E-state index >= 15 is 0 Å². The van der Waals surface area contributed by atoms with Crippen molar-refractivity contribution in [1.82, 2.24) is 15.1 Å². The van der Waals surface area contributed by atoms with E-state index in [1.54, 1.807) is 4.90 Å². The molecule has 5 nitrogen and oxygen atoms in total. The average molecular weight is 345 g/mol. The Morgan fingerprint density at radius 1 is 1.28 bits per heavy atom. The van der Waals surface area contributed by atoms with Crippen LogP contribution in [-0.4, -0.2) is 54.8 Å². The molecule has 1 aromatic carbocycles. The van der Waals surface area contributed by atoms with Crippen molar-refractivity contribution >= 4 is 11.8 Å². The van der Waals surface area contributed by atoms with Crippen LogP contribution in [0.1, 0.15) is 49.8 Å². The monoisotopic (exact) mass is 345 g/mol. The normalized spacial score (nSPS) is 18.4. The van der Waals surface area contributed by atoms with E-state index in [0.29, 0.717) is 19.5 Å². The molecular weight excluding hydrogens is 314 g/mol. The first-order valence-corrected chi connectivity index (χ1v) is 9.24. The zero-order valence-electron chi connectivity index (χ0n) is 15.9. The van der Waals surface area contributed by atoms with Crippen molar-refractivity contribution in [2.24, 2.45) is 0 Å². The molecule has 0 radical (unpaired) electrons. The van der Waals surface area contributed by atoms with Crippen molar-refractivity contribution in [3.05, 3.63) is 35.4 Å². The van der Waals surface area contributed by atoms with E-state index in [2.05, 4.69) is 41.4 Å². The maximum atomic E-state index is 12.7. The summed E-state index contributed by atoms with van der Waals surface area (Å²) >= 11 is 0. The van der Waals surface area contributed by atoms with Crippen molar-refractivity contribution in [3.8, 4) is 0 Å². The van der Waals surface area contributed by atoms with Gasteiger partial charge >= 0.3 is 0 Å². The number of carbonyl (C=O) groups excluding carboxylic acids is 2. The molecule has 0 aromatic heterocycles. The third kappa shape index (κ3) is 5.05. The molecule has 1 aromatic rings. The molecular formula is C20H31N3O2. The molecule has 1 fully saturated rings. The maximum Gasteiger partial charge on any atom is 0.242 e. The molecule has 1 aliphatic heterocycles. The molecule has 5 heteroatoms. The van der Waals surface area contributed by atoms with E-state index in [0.717, 1.165) is 19.3 Å². The zero-order valence-corrected chi connectivity index (χ0v) is 15.9. The lowest BCUT2D eigenvalue weighted by atomic mass is 10.0. The number of likely N-dealkylation sites (N-methyl/N-ethyl adjacent to an activating group) is 1. The Hall–Kier alpha value is -1.88. The highest BCUT2D eigenvalue weighted by molar-refractivity contribution is 5.88. The van der Waals surface area contributed by atoms with Crippen LogP contribution < -0.4 is 5.32 Å². The quantitative estimate of drug-likeness (QED) is 0.826. The number of likely N-dealkylation sites (tertiary alicyclic amines) is 1. The number of nitrogens with zero attached hydrogens (tertiary/aromatic N) is 2. The van der Waals surface area contributed by atoms with E-state index in [-0.39, 0.29) is 23.9 Å². The molecule has 1 heterocycles. The summed E-state index contributed by atoms with van der Waals surface area (Å²) in [4.78, 5) is 28.7. The Balaban J connectivity index is 1.98. The smallest absolute Gasteiger partial charge is 0.242 e. The van der Waals surface area contributed by atoms with Crippen LogP contribution in [-0.2, 0) is 9.59 Å². The third-order valence-electron chi connectivity index (χ3n) is 4.89. The van der Waals surface area contributed by atoms with Crippen LogP contribution in [0.3, 0.4) is 0 Å². The molecule has 1 aliphatic rings. The highest BCUT2D eigenvalue weighted by Gasteiger charge is 2.33. The Labute approximate surface area is 151 Å². The van der Waals surface area contributed by atoms with E-state index in [9.17, 15) is 9.59 Å². The van der Waals surface area contributed by atoms with Crippen LogP contribution in [0.2, 0.25) is 0 Å². The van der Waals surface area contributed by atoms with Gasteiger partial charge in [0.1, 0.15) is 6.04 Å². The molecule has 1 N–H and O–H groups in total. The number of carbonyl (C=O) groups is 2. The summed E-state index contributed by atoms with van der Waals surface area (Å²) in [6.45, 7) is 5.30. The first kappa shape index (κ1) is 19.4. The van der Waals surface area contributed by atoms with E-state index in [1.807, 2.05) is 21.0 Å². The van der Waals surface area contributed by atoms with Crippen molar-refractivity contribution in [2.75, 3.05) is 27.2 Å². The molecule has 0 bridgehead atoms. The third-order valence-corrected chi connectivity index (χ3v) is 4.89. The Morgan fingerprint density at radius 2 is 1.96 bits per heavy atom. The van der Waals surface area contributed by atoms with Gasteiger partial charge in [0, 0.05) is 19.5 Å². The summed E-state index contributed by atoms with van der Waals surface area (Å²) in [5.41, 5.74) is 2.41. The van der Waals surface area contributed by atoms with Gasteiger partial charge in [-0.25, -0.2) is 0 Å². The standard InChI is InChI=1S/C20H31N3O2/c1-5-7-19(24)23-13-6-8-17(23)20(25)21-14-18(22(3)4)16-11-9-15(2)10-12-16/h9-12,17-18H,5-8,13-14H2,1-4H3,(H,21,25)/t17-,18-/m0/s1. The second-order valence-electron chi connectivity index (χ2n) is 7.13. The van der Waals surface area contributed by atoms with Gasteiger partial charge < -0.3 is 15.1 Å². The van der Waals surface area contributed by atoms with Crippen molar-refractivity contribution in [2.45, 2.75) is 51.6 Å². The van der Waals surface area contributed by atoms with Crippen LogP contribution in [0.15, 0.2) is 24.3 Å². The molecule has 2 atom stereocenters. The SMILES string of the molecule is CCCC(=O)N1CCC[C@H]1C(=O)NC[C@@H](c1ccc(C)cc1)N(C)C. The van der Waals surface area contributed by atoms with E-state index in [1.165, 1.54) is 11.1 Å². The fourth-order valence-corrected chi connectivity index (χ4v) is 3.40. The number of aryl methyl sites for hydroxylation is 1. The van der Waals surface area contributed by atoms with Crippen LogP contribution in [0.4, 0.5) is 0 Å². The van der Waals surface area contributed by atoms with Crippen LogP contribution in [0.25, 0.3) is 0 Å². The van der Waals surface area contributed by atoms with Gasteiger partial charge in [-0.2, -0.15) is 0 Å². The first-order valence-electron chi connectivity index (χ1n) is 9.24. The highest BCUT2D eigenvalue weighted by Crippen LogP contribution is 2.21. The predicted octanol–water partition coefficient (Wildman–Crippen LogP) is 2.51. The molecule has 0 unspecified atom stereocenters. The zero-order chi connectivity index (χ0) is 18.4. The minimum atomic E-state index is -0.306. The van der Waals surface area contributed by atoms with Gasteiger partial charge in [0.15, 0.2) is 0 Å². The van der Waals surface area contributed by atoms with Crippen molar-refractivity contribution in [1.29, 1.82) is 0 Å². The molecule has 1 saturated heterocycles. The maximum absolute atomic E-state index is 12.7. The summed E-state index contributed by atoms with van der Waals surface area (Å²) in [5.74, 6) is 0.0729. The fourth-order valence-electron chi connectivity index (χ4n) is 3.40. The topological polar surface area (TPSA) is 52.7 Å². The Bertz CT molecular complexity index is 583. The first-order chi connectivity index (χ1) is 11.9. The minimum Gasteiger partial charge on any atom is -0.352 e. The van der Waals surface area contributed by atoms with Crippen LogP contribution >= 0.6 is 0 Å². The van der Waals surface area contributed by atoms with Gasteiger partial charge in [0.2, 0.25) is 11.8 Å². The molecule has 2 rings (SSSR count). The Kier molecular flexibility index (Phi) is 7.00. The molecule has 0 spiro atoms. The average Bonchev–Trinajstić information content (AvgIpc) is 3.06. The fraction of sp³-hybridized carbons (Fsp3) is 0.600. The largest absolute Gasteiger partial charge is 0.352 e. The lowest BCUT2D eigenvalue weighted by molar-refractivity contribution is -0.138. The molecule has 0 saturated carbocycles. The van der Waals surface area contributed by atoms with Crippen molar-refractivity contribution in [3.63, 3.8) is 0 Å². The van der Waals surface area contributed by atoms with Gasteiger partial charge in [0.25, 0.3) is 0 Å². The van der Waals surface area contributed by atoms with Crippen LogP contribution in [0.5, 0.6) is 0 Å². The van der Waals surface area contributed by atoms with Crippen molar-refractivity contribution < 1.29 is 9.59 Å². The highest BCUT2D eigenvalue weighted by atomic mass is 16.2. The predicted molar refractivity (Wildman–Crippen MR) is 100 cm³/mol. The lowest BCUT2D eigenvalue weighted by Crippen LogP contribution is -2.47. The van der Waals surface area contributed by atoms with Gasteiger partial charge in [-0.3, -0.25) is 9.59 Å². The molecule has 2 amide bonds. The summed E-state index contributed by atoms with van der Waals surface area (Å²) in [6, 6.07) is 8.22. The summed E-state index contributed by atoms with van der Waals surface area (Å²) in [5, 5.41) is 3.07. The number of hydrogen-bond acceptors (Lipinski definition) is 3. The molecule has 138 valence electrons. The number of amides is 2. The Morgan fingerprint density at radius 3 is 2.56 bits per heavy atom. The summed E-state index contributed by atoms with van der Waals surface area (Å²) in [7, 11) is 4.03. The summed E-state index contributed by atoms with van der Waals surface area (Å²) < 4.78 is 0. The second kappa shape index (κ2) is 8.99. The minimum absolute atomic E-state index is 0.0269. The summed E-state index contributed by atoms with van der Waals surface area (Å²) in [6.07, 6.45) is 3.01.